The topological polar surface area (TPSA) is 87.7 Å². The van der Waals surface area contributed by atoms with Crippen LogP contribution >= 0.6 is 0 Å². The van der Waals surface area contributed by atoms with Crippen LogP contribution in [0.4, 0.5) is 0 Å². The molecule has 0 bridgehead atoms. The minimum Gasteiger partial charge on any atom is -0.491 e. The minimum atomic E-state index is -0.354. The highest BCUT2D eigenvalue weighted by Gasteiger charge is 2.41. The van der Waals surface area contributed by atoms with E-state index in [2.05, 4.69) is 32.3 Å². The molecule has 198 valence electrons. The Balaban J connectivity index is 1.18. The highest BCUT2D eigenvalue weighted by Crippen LogP contribution is 2.38. The van der Waals surface area contributed by atoms with E-state index in [0.717, 1.165) is 88.3 Å². The van der Waals surface area contributed by atoms with Crippen molar-refractivity contribution >= 4 is 11.8 Å². The number of nitrogens with one attached hydrogen (secondary N) is 1. The summed E-state index contributed by atoms with van der Waals surface area (Å²) in [7, 11) is 0. The SMILES string of the molecule is Cc1nccc(C2CCCN2C(=O)CN2CCC3(CCCCc4ccccc4OCCNC3=O)CC2)n1. The van der Waals surface area contributed by atoms with E-state index in [0.29, 0.717) is 19.7 Å². The van der Waals surface area contributed by atoms with Crippen LogP contribution in [-0.2, 0) is 16.0 Å². The third-order valence-corrected chi connectivity index (χ3v) is 8.34. The number of carbonyl (C=O) groups excluding carboxylic acids is 2. The molecule has 3 aliphatic rings. The third-order valence-electron chi connectivity index (χ3n) is 8.34. The lowest BCUT2D eigenvalue weighted by molar-refractivity contribution is -0.137. The lowest BCUT2D eigenvalue weighted by Gasteiger charge is -2.41. The normalized spacial score (nSPS) is 22.9. The van der Waals surface area contributed by atoms with Crippen LogP contribution in [0.15, 0.2) is 36.5 Å². The summed E-state index contributed by atoms with van der Waals surface area (Å²) >= 11 is 0. The Morgan fingerprint density at radius 3 is 2.78 bits per heavy atom. The van der Waals surface area contributed by atoms with Crippen LogP contribution in [0, 0.1) is 12.3 Å². The summed E-state index contributed by atoms with van der Waals surface area (Å²) in [6.45, 7) is 5.59. The number of aryl methyl sites for hydroxylation is 2. The molecule has 0 saturated carbocycles. The number of carbonyl (C=O) groups is 2. The molecular weight excluding hydrogens is 466 g/mol. The van der Waals surface area contributed by atoms with E-state index in [4.69, 9.17) is 4.74 Å². The van der Waals surface area contributed by atoms with E-state index in [-0.39, 0.29) is 23.3 Å². The number of benzene rings is 1. The largest absolute Gasteiger partial charge is 0.491 e. The molecule has 1 spiro atoms. The van der Waals surface area contributed by atoms with E-state index in [9.17, 15) is 9.59 Å². The molecule has 0 radical (unpaired) electrons. The van der Waals surface area contributed by atoms with Gasteiger partial charge in [0.05, 0.1) is 30.2 Å². The number of amides is 2. The number of para-hydroxylation sites is 1. The fraction of sp³-hybridized carbons (Fsp3) is 0.586. The van der Waals surface area contributed by atoms with Crippen LogP contribution < -0.4 is 10.1 Å². The van der Waals surface area contributed by atoms with Crippen LogP contribution in [0.2, 0.25) is 0 Å². The van der Waals surface area contributed by atoms with Crippen LogP contribution in [0.25, 0.3) is 0 Å². The molecule has 1 N–H and O–H groups in total. The van der Waals surface area contributed by atoms with Crippen molar-refractivity contribution < 1.29 is 14.3 Å². The Labute approximate surface area is 219 Å². The van der Waals surface area contributed by atoms with Gasteiger partial charge in [-0.15, -0.1) is 0 Å². The molecule has 8 heteroatoms. The first-order valence-corrected chi connectivity index (χ1v) is 13.8. The number of fused-ring (bicyclic) bond motifs is 1. The number of aromatic nitrogens is 2. The van der Waals surface area contributed by atoms with Crippen LogP contribution in [0.3, 0.4) is 0 Å². The van der Waals surface area contributed by atoms with Crippen molar-refractivity contribution in [3.05, 3.63) is 53.6 Å². The molecular formula is C29H39N5O3. The number of rotatable bonds is 3. The molecule has 2 fully saturated rings. The second-order valence-electron chi connectivity index (χ2n) is 10.7. The van der Waals surface area contributed by atoms with Gasteiger partial charge in [-0.3, -0.25) is 14.5 Å². The smallest absolute Gasteiger partial charge is 0.237 e. The minimum absolute atomic E-state index is 0.0368. The summed E-state index contributed by atoms with van der Waals surface area (Å²) in [4.78, 5) is 39.7. The zero-order chi connectivity index (χ0) is 25.7. The van der Waals surface area contributed by atoms with Gasteiger partial charge in [0.1, 0.15) is 18.2 Å². The van der Waals surface area contributed by atoms with Gasteiger partial charge < -0.3 is 15.0 Å². The molecule has 2 aromatic rings. The average molecular weight is 506 g/mol. The standard InChI is InChI=1S/C29H39N5O3/c1-22-30-15-11-24(32-22)25-9-6-17-34(25)27(35)21-33-18-13-29(14-19-33)12-5-4-8-23-7-2-3-10-26(23)37-20-16-31-28(29)36/h2-3,7,10-11,15,25H,4-6,8-9,12-14,16-21H2,1H3,(H,31,36). The Morgan fingerprint density at radius 2 is 1.95 bits per heavy atom. The summed E-state index contributed by atoms with van der Waals surface area (Å²) in [6, 6.07) is 10.2. The molecule has 8 nitrogen and oxygen atoms in total. The van der Waals surface area contributed by atoms with Crippen LogP contribution in [0.1, 0.15) is 68.1 Å². The van der Waals surface area contributed by atoms with Gasteiger partial charge in [-0.25, -0.2) is 9.97 Å². The predicted molar refractivity (Wildman–Crippen MR) is 141 cm³/mol. The lowest BCUT2D eigenvalue weighted by Crippen LogP contribution is -2.51. The summed E-state index contributed by atoms with van der Waals surface area (Å²) in [6.07, 6.45) is 9.21. The third kappa shape index (κ3) is 5.95. The maximum absolute atomic E-state index is 13.3. The predicted octanol–water partition coefficient (Wildman–Crippen LogP) is 3.45. The molecule has 1 atom stereocenters. The summed E-state index contributed by atoms with van der Waals surface area (Å²) in [5, 5.41) is 3.15. The van der Waals surface area contributed by atoms with Gasteiger partial charge in [0, 0.05) is 12.7 Å². The van der Waals surface area contributed by atoms with Gasteiger partial charge in [-0.1, -0.05) is 24.6 Å². The fourth-order valence-corrected chi connectivity index (χ4v) is 6.19. The maximum Gasteiger partial charge on any atom is 0.237 e. The van der Waals surface area contributed by atoms with Gasteiger partial charge in [0.2, 0.25) is 11.8 Å². The molecule has 0 aliphatic carbocycles. The molecule has 4 heterocycles. The van der Waals surface area contributed by atoms with Crippen molar-refractivity contribution in [2.45, 2.75) is 64.3 Å². The molecule has 37 heavy (non-hydrogen) atoms. The fourth-order valence-electron chi connectivity index (χ4n) is 6.19. The number of hydrogen-bond donors (Lipinski definition) is 1. The zero-order valence-electron chi connectivity index (χ0n) is 22.0. The van der Waals surface area contributed by atoms with Crippen molar-refractivity contribution in [3.63, 3.8) is 0 Å². The van der Waals surface area contributed by atoms with Crippen molar-refractivity contribution in [2.75, 3.05) is 39.3 Å². The highest BCUT2D eigenvalue weighted by atomic mass is 16.5. The van der Waals surface area contributed by atoms with E-state index in [1.807, 2.05) is 30.0 Å². The van der Waals surface area contributed by atoms with Crippen molar-refractivity contribution in [1.29, 1.82) is 0 Å². The van der Waals surface area contributed by atoms with E-state index in [1.165, 1.54) is 5.56 Å². The molecule has 1 unspecified atom stereocenters. The van der Waals surface area contributed by atoms with E-state index >= 15 is 0 Å². The number of piperidine rings is 1. The quantitative estimate of drug-likeness (QED) is 0.688. The lowest BCUT2D eigenvalue weighted by atomic mass is 9.73. The second kappa shape index (κ2) is 11.6. The summed E-state index contributed by atoms with van der Waals surface area (Å²) in [5.41, 5.74) is 1.83. The first-order valence-electron chi connectivity index (χ1n) is 13.8. The second-order valence-corrected chi connectivity index (χ2v) is 10.7. The summed E-state index contributed by atoms with van der Waals surface area (Å²) < 4.78 is 5.97. The molecule has 1 aromatic heterocycles. The number of ether oxygens (including phenoxy) is 1. The first-order chi connectivity index (χ1) is 18.0. The highest BCUT2D eigenvalue weighted by molar-refractivity contribution is 5.83. The number of likely N-dealkylation sites (tertiary alicyclic amines) is 2. The molecule has 2 saturated heterocycles. The van der Waals surface area contributed by atoms with E-state index < -0.39 is 0 Å². The van der Waals surface area contributed by atoms with Gasteiger partial charge in [0.15, 0.2) is 0 Å². The maximum atomic E-state index is 13.3. The van der Waals surface area contributed by atoms with Crippen LogP contribution in [-0.4, -0.2) is 70.9 Å². The Morgan fingerprint density at radius 1 is 1.11 bits per heavy atom. The van der Waals surface area contributed by atoms with Gasteiger partial charge in [-0.2, -0.15) is 0 Å². The van der Waals surface area contributed by atoms with Crippen molar-refractivity contribution in [3.8, 4) is 5.75 Å². The number of nitrogens with zero attached hydrogens (tertiary/aromatic N) is 4. The average Bonchev–Trinajstić information content (AvgIpc) is 3.40. The number of hydrogen-bond acceptors (Lipinski definition) is 6. The van der Waals surface area contributed by atoms with Gasteiger partial charge >= 0.3 is 0 Å². The van der Waals surface area contributed by atoms with Gasteiger partial charge in [0.25, 0.3) is 0 Å². The molecule has 2 amide bonds. The molecule has 3 aliphatic heterocycles. The zero-order valence-corrected chi connectivity index (χ0v) is 22.0. The first kappa shape index (κ1) is 25.6. The van der Waals surface area contributed by atoms with E-state index in [1.54, 1.807) is 6.20 Å². The van der Waals surface area contributed by atoms with Crippen molar-refractivity contribution in [2.24, 2.45) is 5.41 Å². The Hall–Kier alpha value is -3.00. The summed E-state index contributed by atoms with van der Waals surface area (Å²) in [5.74, 6) is 1.98. The molecule has 1 aromatic carbocycles. The molecule has 5 rings (SSSR count). The van der Waals surface area contributed by atoms with Gasteiger partial charge in [-0.05, 0) is 82.7 Å². The Kier molecular flexibility index (Phi) is 8.03. The Bertz CT molecular complexity index is 1100. The monoisotopic (exact) mass is 505 g/mol. The van der Waals surface area contributed by atoms with Crippen molar-refractivity contribution in [1.82, 2.24) is 25.1 Å². The van der Waals surface area contributed by atoms with Crippen LogP contribution in [0.5, 0.6) is 5.75 Å².